The van der Waals surface area contributed by atoms with E-state index in [1.165, 1.54) is 18.2 Å². The molecule has 70 valence electrons. The van der Waals surface area contributed by atoms with E-state index in [0.29, 0.717) is 0 Å². The largest absolute Gasteiger partial charge is 0.321 e. The first-order valence-electron chi connectivity index (χ1n) is 3.59. The molecule has 4 heteroatoms. The van der Waals surface area contributed by atoms with Crippen LogP contribution >= 0.6 is 23.2 Å². The summed E-state index contributed by atoms with van der Waals surface area (Å²) in [7, 11) is 0. The molecule has 13 heavy (non-hydrogen) atoms. The van der Waals surface area contributed by atoms with Crippen molar-refractivity contribution in [2.75, 3.05) is 0 Å². The fraction of sp³-hybridized carbons (Fsp3) is 0.111. The summed E-state index contributed by atoms with van der Waals surface area (Å²) < 4.78 is 13.2. The SMILES string of the molecule is C=CC(N)c1c(F)ccc(Cl)c1Cl. The van der Waals surface area contributed by atoms with Gasteiger partial charge in [0.25, 0.3) is 0 Å². The van der Waals surface area contributed by atoms with Gasteiger partial charge in [0.1, 0.15) is 5.82 Å². The van der Waals surface area contributed by atoms with Crippen LogP contribution in [0.25, 0.3) is 0 Å². The van der Waals surface area contributed by atoms with Crippen LogP contribution in [0.4, 0.5) is 4.39 Å². The molecule has 0 amide bonds. The Morgan fingerprint density at radius 2 is 2.08 bits per heavy atom. The van der Waals surface area contributed by atoms with Crippen LogP contribution in [0.3, 0.4) is 0 Å². The fourth-order valence-corrected chi connectivity index (χ4v) is 1.41. The van der Waals surface area contributed by atoms with Crippen molar-refractivity contribution in [1.29, 1.82) is 0 Å². The van der Waals surface area contributed by atoms with Gasteiger partial charge in [-0.25, -0.2) is 4.39 Å². The highest BCUT2D eigenvalue weighted by Gasteiger charge is 2.14. The van der Waals surface area contributed by atoms with E-state index >= 15 is 0 Å². The third-order valence-electron chi connectivity index (χ3n) is 1.67. The Labute approximate surface area is 85.9 Å². The van der Waals surface area contributed by atoms with Crippen LogP contribution < -0.4 is 5.73 Å². The molecule has 0 aliphatic heterocycles. The standard InChI is InChI=1S/C9H8Cl2FN/c1-2-7(13)8-6(12)4-3-5(10)9(8)11/h2-4,7H,1,13H2. The summed E-state index contributed by atoms with van der Waals surface area (Å²) in [5.41, 5.74) is 5.75. The first kappa shape index (κ1) is 10.5. The molecule has 0 saturated carbocycles. The van der Waals surface area contributed by atoms with E-state index < -0.39 is 11.9 Å². The Morgan fingerprint density at radius 3 is 2.62 bits per heavy atom. The summed E-state index contributed by atoms with van der Waals surface area (Å²) in [5.74, 6) is -0.471. The first-order valence-corrected chi connectivity index (χ1v) is 4.35. The Bertz CT molecular complexity index is 339. The van der Waals surface area contributed by atoms with Crippen LogP contribution in [0.5, 0.6) is 0 Å². The molecule has 0 bridgehead atoms. The van der Waals surface area contributed by atoms with E-state index in [2.05, 4.69) is 6.58 Å². The van der Waals surface area contributed by atoms with Crippen molar-refractivity contribution in [1.82, 2.24) is 0 Å². The number of benzene rings is 1. The summed E-state index contributed by atoms with van der Waals surface area (Å²) >= 11 is 11.5. The van der Waals surface area contributed by atoms with Crippen LogP contribution in [0.1, 0.15) is 11.6 Å². The quantitative estimate of drug-likeness (QED) is 0.600. The summed E-state index contributed by atoms with van der Waals surface area (Å²) in [6.07, 6.45) is 1.40. The molecule has 2 N–H and O–H groups in total. The predicted octanol–water partition coefficient (Wildman–Crippen LogP) is 3.32. The highest BCUT2D eigenvalue weighted by Crippen LogP contribution is 2.31. The Balaban J connectivity index is 3.32. The number of rotatable bonds is 2. The van der Waals surface area contributed by atoms with Gasteiger partial charge < -0.3 is 5.73 Å². The van der Waals surface area contributed by atoms with Crippen LogP contribution in [-0.4, -0.2) is 0 Å². The second kappa shape index (κ2) is 4.09. The van der Waals surface area contributed by atoms with E-state index in [1.54, 1.807) is 0 Å². The molecule has 0 saturated heterocycles. The molecule has 1 aromatic carbocycles. The molecule has 0 aliphatic rings. The van der Waals surface area contributed by atoms with Gasteiger partial charge in [0.2, 0.25) is 0 Å². The summed E-state index contributed by atoms with van der Waals surface area (Å²) in [5, 5.41) is 0.435. The fourth-order valence-electron chi connectivity index (χ4n) is 0.966. The molecule has 1 atom stereocenters. The zero-order chi connectivity index (χ0) is 10.0. The van der Waals surface area contributed by atoms with Crippen LogP contribution in [0.2, 0.25) is 10.0 Å². The van der Waals surface area contributed by atoms with Gasteiger partial charge in [-0.1, -0.05) is 29.3 Å². The lowest BCUT2D eigenvalue weighted by atomic mass is 10.1. The smallest absolute Gasteiger partial charge is 0.129 e. The van der Waals surface area contributed by atoms with Gasteiger partial charge in [-0.15, -0.1) is 6.58 Å². The number of hydrogen-bond donors (Lipinski definition) is 1. The highest BCUT2D eigenvalue weighted by molar-refractivity contribution is 6.42. The second-order valence-corrected chi connectivity index (χ2v) is 3.30. The van der Waals surface area contributed by atoms with E-state index in [1.807, 2.05) is 0 Å². The Morgan fingerprint density at radius 1 is 1.46 bits per heavy atom. The van der Waals surface area contributed by atoms with Crippen LogP contribution in [-0.2, 0) is 0 Å². The minimum absolute atomic E-state index is 0.147. The first-order chi connectivity index (χ1) is 6.07. The van der Waals surface area contributed by atoms with Crippen molar-refractivity contribution in [3.05, 3.63) is 46.2 Å². The summed E-state index contributed by atoms with van der Waals surface area (Å²) in [6.45, 7) is 3.46. The number of halogens is 3. The topological polar surface area (TPSA) is 26.0 Å². The molecule has 0 spiro atoms. The van der Waals surface area contributed by atoms with Crippen LogP contribution in [0, 0.1) is 5.82 Å². The van der Waals surface area contributed by atoms with Gasteiger partial charge in [-0.3, -0.25) is 0 Å². The van der Waals surface area contributed by atoms with Crippen molar-refractivity contribution in [2.24, 2.45) is 5.73 Å². The minimum atomic E-state index is -0.633. The zero-order valence-electron chi connectivity index (χ0n) is 6.73. The number of nitrogens with two attached hydrogens (primary N) is 1. The zero-order valence-corrected chi connectivity index (χ0v) is 8.24. The van der Waals surface area contributed by atoms with E-state index in [4.69, 9.17) is 28.9 Å². The maximum absolute atomic E-state index is 13.2. The van der Waals surface area contributed by atoms with E-state index in [-0.39, 0.29) is 15.6 Å². The van der Waals surface area contributed by atoms with Gasteiger partial charge in [-0.05, 0) is 12.1 Å². The van der Waals surface area contributed by atoms with Crippen molar-refractivity contribution in [3.8, 4) is 0 Å². The maximum atomic E-state index is 13.2. The Kier molecular flexibility index (Phi) is 3.31. The average Bonchev–Trinajstić information content (AvgIpc) is 2.12. The lowest BCUT2D eigenvalue weighted by Gasteiger charge is -2.10. The maximum Gasteiger partial charge on any atom is 0.129 e. The van der Waals surface area contributed by atoms with E-state index in [9.17, 15) is 4.39 Å². The van der Waals surface area contributed by atoms with Gasteiger partial charge in [0.15, 0.2) is 0 Å². The second-order valence-electron chi connectivity index (χ2n) is 2.52. The third-order valence-corrected chi connectivity index (χ3v) is 2.49. The molecule has 0 aliphatic carbocycles. The highest BCUT2D eigenvalue weighted by atomic mass is 35.5. The van der Waals surface area contributed by atoms with Crippen molar-refractivity contribution in [2.45, 2.75) is 6.04 Å². The van der Waals surface area contributed by atoms with E-state index in [0.717, 1.165) is 0 Å². The third kappa shape index (κ3) is 2.02. The van der Waals surface area contributed by atoms with Crippen molar-refractivity contribution >= 4 is 23.2 Å². The monoisotopic (exact) mass is 219 g/mol. The van der Waals surface area contributed by atoms with Gasteiger partial charge >= 0.3 is 0 Å². The molecule has 0 heterocycles. The minimum Gasteiger partial charge on any atom is -0.321 e. The lowest BCUT2D eigenvalue weighted by molar-refractivity contribution is 0.602. The molecular formula is C9H8Cl2FN. The molecule has 1 unspecified atom stereocenters. The molecule has 0 aromatic heterocycles. The lowest BCUT2D eigenvalue weighted by Crippen LogP contribution is -2.09. The normalized spacial score (nSPS) is 12.6. The van der Waals surface area contributed by atoms with Gasteiger partial charge in [-0.2, -0.15) is 0 Å². The molecular weight excluding hydrogens is 212 g/mol. The molecule has 1 aromatic rings. The summed E-state index contributed by atoms with van der Waals surface area (Å²) in [4.78, 5) is 0. The number of hydrogen-bond acceptors (Lipinski definition) is 1. The van der Waals surface area contributed by atoms with Gasteiger partial charge in [0, 0.05) is 5.56 Å². The van der Waals surface area contributed by atoms with Crippen molar-refractivity contribution < 1.29 is 4.39 Å². The average molecular weight is 220 g/mol. The summed E-state index contributed by atoms with van der Waals surface area (Å²) in [6, 6.07) is 1.98. The van der Waals surface area contributed by atoms with Crippen molar-refractivity contribution in [3.63, 3.8) is 0 Å². The Hall–Kier alpha value is -0.570. The molecule has 0 radical (unpaired) electrons. The molecule has 0 fully saturated rings. The predicted molar refractivity (Wildman–Crippen MR) is 53.5 cm³/mol. The van der Waals surface area contributed by atoms with Gasteiger partial charge in [0.05, 0.1) is 16.1 Å². The molecule has 1 rings (SSSR count). The molecule has 1 nitrogen and oxygen atoms in total. The van der Waals surface area contributed by atoms with Crippen LogP contribution in [0.15, 0.2) is 24.8 Å².